The fourth-order valence-electron chi connectivity index (χ4n) is 2.50. The molecule has 0 spiro atoms. The van der Waals surface area contributed by atoms with Crippen LogP contribution in [0.25, 0.3) is 0 Å². The second kappa shape index (κ2) is 8.73. The molecule has 1 amide bonds. The monoisotopic (exact) mass is 450 g/mol. The Kier molecular flexibility index (Phi) is 6.32. The lowest BCUT2D eigenvalue weighted by Crippen LogP contribution is -2.18. The average molecular weight is 451 g/mol. The van der Waals surface area contributed by atoms with E-state index in [1.807, 2.05) is 0 Å². The standard InChI is InChI=1S/C20H16Cl2N2O4S/c1-28-14-7-9-15(10-8-14)29(26,27)24-19-5-3-2-4-16(19)20(25)23-13-6-11-17(21)18(22)12-13/h2-12,24H,1H3,(H,23,25). The minimum absolute atomic E-state index is 0.0398. The van der Waals surface area contributed by atoms with Gasteiger partial charge in [-0.1, -0.05) is 35.3 Å². The summed E-state index contributed by atoms with van der Waals surface area (Å²) in [6.45, 7) is 0. The van der Waals surface area contributed by atoms with Crippen LogP contribution in [-0.4, -0.2) is 21.4 Å². The molecule has 0 atom stereocenters. The lowest BCUT2D eigenvalue weighted by molar-refractivity contribution is 0.102. The Morgan fingerprint density at radius 3 is 2.28 bits per heavy atom. The highest BCUT2D eigenvalue weighted by Gasteiger charge is 2.19. The van der Waals surface area contributed by atoms with E-state index in [-0.39, 0.29) is 21.2 Å². The van der Waals surface area contributed by atoms with Gasteiger partial charge in [-0.25, -0.2) is 8.42 Å². The van der Waals surface area contributed by atoms with E-state index in [0.29, 0.717) is 16.5 Å². The Hall–Kier alpha value is -2.74. The minimum atomic E-state index is -3.90. The van der Waals surface area contributed by atoms with Gasteiger partial charge in [-0.15, -0.1) is 0 Å². The Labute approximate surface area is 178 Å². The third kappa shape index (κ3) is 5.00. The molecule has 0 bridgehead atoms. The van der Waals surface area contributed by atoms with Gasteiger partial charge in [0.1, 0.15) is 5.75 Å². The molecular weight excluding hydrogens is 435 g/mol. The maximum absolute atomic E-state index is 12.7. The molecule has 9 heteroatoms. The molecule has 0 unspecified atom stereocenters. The molecule has 0 aliphatic heterocycles. The zero-order valence-electron chi connectivity index (χ0n) is 15.1. The van der Waals surface area contributed by atoms with Crippen molar-refractivity contribution in [2.75, 3.05) is 17.1 Å². The highest BCUT2D eigenvalue weighted by atomic mass is 35.5. The van der Waals surface area contributed by atoms with E-state index in [0.717, 1.165) is 0 Å². The summed E-state index contributed by atoms with van der Waals surface area (Å²) < 4.78 is 32.9. The summed E-state index contributed by atoms with van der Waals surface area (Å²) >= 11 is 11.8. The van der Waals surface area contributed by atoms with Crippen LogP contribution in [0.1, 0.15) is 10.4 Å². The average Bonchev–Trinajstić information content (AvgIpc) is 2.71. The molecule has 29 heavy (non-hydrogen) atoms. The molecule has 0 saturated carbocycles. The number of hydrogen-bond acceptors (Lipinski definition) is 4. The van der Waals surface area contributed by atoms with Gasteiger partial charge in [0.05, 0.1) is 33.3 Å². The zero-order chi connectivity index (χ0) is 21.0. The molecule has 0 fully saturated rings. The summed E-state index contributed by atoms with van der Waals surface area (Å²) in [6, 6.07) is 16.8. The summed E-state index contributed by atoms with van der Waals surface area (Å²) in [4.78, 5) is 12.7. The number of benzene rings is 3. The van der Waals surface area contributed by atoms with Crippen LogP contribution in [0.3, 0.4) is 0 Å². The minimum Gasteiger partial charge on any atom is -0.497 e. The van der Waals surface area contributed by atoms with Gasteiger partial charge in [0.15, 0.2) is 0 Å². The summed E-state index contributed by atoms with van der Waals surface area (Å²) in [7, 11) is -2.41. The van der Waals surface area contributed by atoms with Gasteiger partial charge < -0.3 is 10.1 Å². The first kappa shape index (κ1) is 21.0. The number of methoxy groups -OCH3 is 1. The third-order valence-electron chi connectivity index (χ3n) is 3.96. The summed E-state index contributed by atoms with van der Waals surface area (Å²) in [5, 5.41) is 3.32. The van der Waals surface area contributed by atoms with Crippen molar-refractivity contribution in [3.8, 4) is 5.75 Å². The molecule has 150 valence electrons. The van der Waals surface area contributed by atoms with Crippen molar-refractivity contribution in [1.29, 1.82) is 0 Å². The van der Waals surface area contributed by atoms with Gasteiger partial charge in [-0.2, -0.15) is 0 Å². The molecule has 0 aliphatic rings. The van der Waals surface area contributed by atoms with Crippen LogP contribution in [0, 0.1) is 0 Å². The van der Waals surface area contributed by atoms with E-state index in [2.05, 4.69) is 10.0 Å². The number of rotatable bonds is 6. The molecule has 2 N–H and O–H groups in total. The smallest absolute Gasteiger partial charge is 0.261 e. The van der Waals surface area contributed by atoms with Crippen LogP contribution < -0.4 is 14.8 Å². The molecule has 0 aliphatic carbocycles. The van der Waals surface area contributed by atoms with E-state index in [4.69, 9.17) is 27.9 Å². The van der Waals surface area contributed by atoms with Gasteiger partial charge >= 0.3 is 0 Å². The third-order valence-corrected chi connectivity index (χ3v) is 6.08. The molecule has 0 saturated heterocycles. The highest BCUT2D eigenvalue weighted by molar-refractivity contribution is 7.92. The van der Waals surface area contributed by atoms with Crippen LogP contribution >= 0.6 is 23.2 Å². The normalized spacial score (nSPS) is 11.0. The maximum Gasteiger partial charge on any atom is 0.261 e. The van der Waals surface area contributed by atoms with Crippen LogP contribution in [0.2, 0.25) is 10.0 Å². The number of anilines is 2. The van der Waals surface area contributed by atoms with E-state index < -0.39 is 15.9 Å². The Morgan fingerprint density at radius 1 is 0.931 bits per heavy atom. The molecule has 0 radical (unpaired) electrons. The summed E-state index contributed by atoms with van der Waals surface area (Å²) in [5.74, 6) is 0.0294. The number of nitrogens with one attached hydrogen (secondary N) is 2. The first-order chi connectivity index (χ1) is 13.8. The number of amides is 1. The quantitative estimate of drug-likeness (QED) is 0.549. The van der Waals surface area contributed by atoms with Gasteiger partial charge in [-0.05, 0) is 54.6 Å². The second-order valence-corrected chi connectivity index (χ2v) is 8.41. The van der Waals surface area contributed by atoms with E-state index in [1.165, 1.54) is 49.6 Å². The molecule has 6 nitrogen and oxygen atoms in total. The van der Waals surface area contributed by atoms with Crippen molar-refractivity contribution in [3.63, 3.8) is 0 Å². The number of sulfonamides is 1. The fourth-order valence-corrected chi connectivity index (χ4v) is 3.88. The Balaban J connectivity index is 1.85. The SMILES string of the molecule is COc1ccc(S(=O)(=O)Nc2ccccc2C(=O)Nc2ccc(Cl)c(Cl)c2)cc1. The number of hydrogen-bond donors (Lipinski definition) is 2. The summed E-state index contributed by atoms with van der Waals surface area (Å²) in [5.41, 5.74) is 0.716. The van der Waals surface area contributed by atoms with Crippen molar-refractivity contribution < 1.29 is 17.9 Å². The first-order valence-electron chi connectivity index (χ1n) is 8.32. The van der Waals surface area contributed by atoms with Crippen LogP contribution in [0.15, 0.2) is 71.6 Å². The topological polar surface area (TPSA) is 84.5 Å². The lowest BCUT2D eigenvalue weighted by atomic mass is 10.1. The zero-order valence-corrected chi connectivity index (χ0v) is 17.5. The van der Waals surface area contributed by atoms with Crippen molar-refractivity contribution in [1.82, 2.24) is 0 Å². The van der Waals surface area contributed by atoms with E-state index in [9.17, 15) is 13.2 Å². The van der Waals surface area contributed by atoms with Gasteiger partial charge in [0.25, 0.3) is 15.9 Å². The maximum atomic E-state index is 12.7. The first-order valence-corrected chi connectivity index (χ1v) is 10.6. The fraction of sp³-hybridized carbons (Fsp3) is 0.0500. The van der Waals surface area contributed by atoms with E-state index >= 15 is 0 Å². The number of halogens is 2. The predicted octanol–water partition coefficient (Wildman–Crippen LogP) is 5.06. The van der Waals surface area contributed by atoms with Gasteiger partial charge in [-0.3, -0.25) is 9.52 Å². The van der Waals surface area contributed by atoms with Crippen LogP contribution in [0.5, 0.6) is 5.75 Å². The second-order valence-electron chi connectivity index (χ2n) is 5.91. The summed E-state index contributed by atoms with van der Waals surface area (Å²) in [6.07, 6.45) is 0. The Bertz CT molecular complexity index is 1150. The van der Waals surface area contributed by atoms with Crippen molar-refractivity contribution in [3.05, 3.63) is 82.3 Å². The van der Waals surface area contributed by atoms with Crippen LogP contribution in [-0.2, 0) is 10.0 Å². The van der Waals surface area contributed by atoms with Crippen molar-refractivity contribution in [2.45, 2.75) is 4.90 Å². The Morgan fingerprint density at radius 2 is 1.62 bits per heavy atom. The van der Waals surface area contributed by atoms with Gasteiger partial charge in [0.2, 0.25) is 0 Å². The molecule has 0 heterocycles. The van der Waals surface area contributed by atoms with Gasteiger partial charge in [0, 0.05) is 5.69 Å². The predicted molar refractivity (Wildman–Crippen MR) is 115 cm³/mol. The molecule has 3 rings (SSSR count). The highest BCUT2D eigenvalue weighted by Crippen LogP contribution is 2.26. The van der Waals surface area contributed by atoms with Crippen molar-refractivity contribution in [2.24, 2.45) is 0 Å². The molecule has 3 aromatic rings. The van der Waals surface area contributed by atoms with Crippen LogP contribution in [0.4, 0.5) is 11.4 Å². The number of para-hydroxylation sites is 1. The van der Waals surface area contributed by atoms with Crippen molar-refractivity contribution >= 4 is 50.5 Å². The largest absolute Gasteiger partial charge is 0.497 e. The number of ether oxygens (including phenoxy) is 1. The number of carbonyl (C=O) groups is 1. The molecule has 0 aromatic heterocycles. The van der Waals surface area contributed by atoms with E-state index in [1.54, 1.807) is 24.3 Å². The molecular formula is C20H16Cl2N2O4S. The molecule has 3 aromatic carbocycles. The number of carbonyl (C=O) groups excluding carboxylic acids is 1. The lowest BCUT2D eigenvalue weighted by Gasteiger charge is -2.13.